The molecule has 3 heteroatoms. The first-order chi connectivity index (χ1) is 6.20. The van der Waals surface area contributed by atoms with Crippen molar-refractivity contribution in [3.63, 3.8) is 0 Å². The van der Waals surface area contributed by atoms with E-state index in [0.29, 0.717) is 4.38 Å². The molecule has 1 atom stereocenters. The van der Waals surface area contributed by atoms with Crippen LogP contribution in [0, 0.1) is 0 Å². The summed E-state index contributed by atoms with van der Waals surface area (Å²) in [4.78, 5) is 0. The molecule has 0 saturated carbocycles. The summed E-state index contributed by atoms with van der Waals surface area (Å²) in [6.45, 7) is 4.32. The minimum Gasteiger partial charge on any atom is -0.476 e. The Bertz CT molecular complexity index is 137. The first kappa shape index (κ1) is 13.2. The van der Waals surface area contributed by atoms with Crippen LogP contribution < -0.4 is 0 Å². The van der Waals surface area contributed by atoms with Crippen molar-refractivity contribution in [2.45, 2.75) is 52.1 Å². The fraction of sp³-hybridized carbons (Fsp3) is 0.900. The summed E-state index contributed by atoms with van der Waals surface area (Å²) in [6.07, 6.45) is 8.56. The Balaban J connectivity index is 3.29. The van der Waals surface area contributed by atoms with Crippen molar-refractivity contribution in [3.05, 3.63) is 0 Å². The Hall–Kier alpha value is 0.240. The fourth-order valence-electron chi connectivity index (χ4n) is 1.13. The van der Waals surface area contributed by atoms with Crippen molar-refractivity contribution in [3.8, 4) is 0 Å². The third kappa shape index (κ3) is 8.57. The molecule has 0 aromatic carbocycles. The molecule has 0 saturated heterocycles. The van der Waals surface area contributed by atoms with E-state index in [0.717, 1.165) is 6.42 Å². The van der Waals surface area contributed by atoms with Crippen molar-refractivity contribution in [2.24, 2.45) is 0 Å². The molecule has 13 heavy (non-hydrogen) atoms. The first-order valence-corrected chi connectivity index (χ1v) is 6.58. The predicted molar refractivity (Wildman–Crippen MR) is 65.4 cm³/mol. The van der Waals surface area contributed by atoms with Gasteiger partial charge in [0.05, 0.1) is 6.10 Å². The Kier molecular flexibility index (Phi) is 8.98. The van der Waals surface area contributed by atoms with Gasteiger partial charge in [-0.1, -0.05) is 37.9 Å². The molecule has 0 aliphatic carbocycles. The minimum atomic E-state index is 0.289. The molecule has 0 aromatic rings. The number of hydrogen-bond donors (Lipinski definition) is 0. The second-order valence-electron chi connectivity index (χ2n) is 3.23. The van der Waals surface area contributed by atoms with Gasteiger partial charge in [-0.2, -0.15) is 0 Å². The third-order valence-electron chi connectivity index (χ3n) is 1.93. The van der Waals surface area contributed by atoms with Gasteiger partial charge in [-0.3, -0.25) is 0 Å². The van der Waals surface area contributed by atoms with Gasteiger partial charge in [0.15, 0.2) is 0 Å². The third-order valence-corrected chi connectivity index (χ3v) is 2.95. The summed E-state index contributed by atoms with van der Waals surface area (Å²) in [5, 5.41) is 0. The summed E-state index contributed by atoms with van der Waals surface area (Å²) in [6, 6.07) is 0. The maximum Gasteiger partial charge on any atom is 0.219 e. The maximum atomic E-state index is 5.47. The SMILES string of the molecule is CCCCCCC(C)OC(=S)SC. The molecular weight excluding hydrogens is 200 g/mol. The fourth-order valence-corrected chi connectivity index (χ4v) is 1.55. The molecule has 0 bridgehead atoms. The summed E-state index contributed by atoms with van der Waals surface area (Å²) in [5.41, 5.74) is 0. The molecule has 0 aliphatic heterocycles. The molecule has 0 N–H and O–H groups in total. The van der Waals surface area contributed by atoms with E-state index >= 15 is 0 Å². The highest BCUT2D eigenvalue weighted by atomic mass is 32.2. The standard InChI is InChI=1S/C10H20OS2/c1-4-5-6-7-8-9(2)11-10(12)13-3/h9H,4-8H2,1-3H3. The largest absolute Gasteiger partial charge is 0.476 e. The van der Waals surface area contributed by atoms with Crippen molar-refractivity contribution in [2.75, 3.05) is 6.26 Å². The van der Waals surface area contributed by atoms with Gasteiger partial charge >= 0.3 is 0 Å². The van der Waals surface area contributed by atoms with Crippen LogP contribution in [0.2, 0.25) is 0 Å². The molecular formula is C10H20OS2. The first-order valence-electron chi connectivity index (χ1n) is 4.95. The van der Waals surface area contributed by atoms with Gasteiger partial charge in [-0.25, -0.2) is 0 Å². The van der Waals surface area contributed by atoms with Crippen LogP contribution in [0.15, 0.2) is 0 Å². The highest BCUT2D eigenvalue weighted by Gasteiger charge is 2.04. The summed E-state index contributed by atoms with van der Waals surface area (Å²) in [7, 11) is 0. The number of thioether (sulfide) groups is 1. The second-order valence-corrected chi connectivity index (χ2v) is 4.64. The topological polar surface area (TPSA) is 9.23 Å². The van der Waals surface area contributed by atoms with Gasteiger partial charge in [0.25, 0.3) is 0 Å². The second kappa shape index (κ2) is 8.82. The lowest BCUT2D eigenvalue weighted by atomic mass is 10.1. The molecule has 0 spiro atoms. The minimum absolute atomic E-state index is 0.289. The normalized spacial score (nSPS) is 12.5. The zero-order valence-corrected chi connectivity index (χ0v) is 10.5. The lowest BCUT2D eigenvalue weighted by Crippen LogP contribution is -2.10. The lowest BCUT2D eigenvalue weighted by Gasteiger charge is -2.13. The van der Waals surface area contributed by atoms with Gasteiger partial charge in [0.2, 0.25) is 4.38 Å². The monoisotopic (exact) mass is 220 g/mol. The van der Waals surface area contributed by atoms with Crippen LogP contribution in [0.4, 0.5) is 0 Å². The molecule has 1 nitrogen and oxygen atoms in total. The van der Waals surface area contributed by atoms with Crippen molar-refractivity contribution < 1.29 is 4.74 Å². The molecule has 0 radical (unpaired) electrons. The number of ether oxygens (including phenoxy) is 1. The summed E-state index contributed by atoms with van der Waals surface area (Å²) >= 11 is 6.48. The van der Waals surface area contributed by atoms with E-state index in [1.54, 1.807) is 0 Å². The van der Waals surface area contributed by atoms with Crippen molar-refractivity contribution in [1.82, 2.24) is 0 Å². The zero-order chi connectivity index (χ0) is 10.1. The molecule has 0 rings (SSSR count). The molecule has 78 valence electrons. The van der Waals surface area contributed by atoms with Gasteiger partial charge < -0.3 is 4.74 Å². The average molecular weight is 220 g/mol. The van der Waals surface area contributed by atoms with E-state index in [9.17, 15) is 0 Å². The van der Waals surface area contributed by atoms with Crippen LogP contribution in [-0.2, 0) is 4.74 Å². The van der Waals surface area contributed by atoms with Crippen LogP contribution in [0.1, 0.15) is 46.0 Å². The number of thiocarbonyl (C=S) groups is 1. The molecule has 1 unspecified atom stereocenters. The van der Waals surface area contributed by atoms with E-state index in [2.05, 4.69) is 13.8 Å². The van der Waals surface area contributed by atoms with E-state index in [4.69, 9.17) is 17.0 Å². The highest BCUT2D eigenvalue weighted by molar-refractivity contribution is 8.22. The average Bonchev–Trinajstić information content (AvgIpc) is 2.12. The van der Waals surface area contributed by atoms with Crippen molar-refractivity contribution in [1.29, 1.82) is 0 Å². The van der Waals surface area contributed by atoms with E-state index in [1.807, 2.05) is 6.26 Å². The Morgan fingerprint density at radius 3 is 2.62 bits per heavy atom. The van der Waals surface area contributed by atoms with E-state index in [-0.39, 0.29) is 6.10 Å². The molecule has 0 aliphatic rings. The molecule has 0 amide bonds. The van der Waals surface area contributed by atoms with Gasteiger partial charge in [-0.05, 0) is 38.2 Å². The van der Waals surface area contributed by atoms with Crippen LogP contribution in [-0.4, -0.2) is 16.7 Å². The highest BCUT2D eigenvalue weighted by Crippen LogP contribution is 2.11. The Morgan fingerprint density at radius 1 is 1.38 bits per heavy atom. The lowest BCUT2D eigenvalue weighted by molar-refractivity contribution is 0.205. The zero-order valence-electron chi connectivity index (χ0n) is 8.84. The molecule has 0 heterocycles. The van der Waals surface area contributed by atoms with Crippen LogP contribution in [0.5, 0.6) is 0 Å². The molecule has 0 fully saturated rings. The smallest absolute Gasteiger partial charge is 0.219 e. The van der Waals surface area contributed by atoms with E-state index in [1.165, 1.54) is 37.4 Å². The van der Waals surface area contributed by atoms with Gasteiger partial charge in [-0.15, -0.1) is 0 Å². The Morgan fingerprint density at radius 2 is 2.08 bits per heavy atom. The summed E-state index contributed by atoms with van der Waals surface area (Å²) < 4.78 is 6.14. The number of hydrogen-bond acceptors (Lipinski definition) is 3. The van der Waals surface area contributed by atoms with Gasteiger partial charge in [0.1, 0.15) is 0 Å². The van der Waals surface area contributed by atoms with E-state index < -0.39 is 0 Å². The summed E-state index contributed by atoms with van der Waals surface area (Å²) in [5.74, 6) is 0. The van der Waals surface area contributed by atoms with Crippen LogP contribution >= 0.6 is 24.0 Å². The van der Waals surface area contributed by atoms with Crippen LogP contribution in [0.3, 0.4) is 0 Å². The molecule has 0 aromatic heterocycles. The Labute approximate surface area is 91.6 Å². The van der Waals surface area contributed by atoms with Crippen molar-refractivity contribution >= 4 is 28.4 Å². The maximum absolute atomic E-state index is 5.47. The van der Waals surface area contributed by atoms with Crippen LogP contribution in [0.25, 0.3) is 0 Å². The number of unbranched alkanes of at least 4 members (excludes halogenated alkanes) is 3. The quantitative estimate of drug-likeness (QED) is 0.494. The number of rotatable bonds is 6. The van der Waals surface area contributed by atoms with Gasteiger partial charge in [0, 0.05) is 0 Å². The predicted octanol–water partition coefficient (Wildman–Crippen LogP) is 4.01.